The van der Waals surface area contributed by atoms with E-state index in [1.807, 2.05) is 29.2 Å². The van der Waals surface area contributed by atoms with Crippen LogP contribution in [0.3, 0.4) is 0 Å². The molecule has 0 N–H and O–H groups in total. The average molecular weight is 309 g/mol. The standard InChI is InChI=1S/C17H15N3OS/c21-17(16-10-12-4-1-2-6-15(12)22-16)20-9-3-5-14(20)13-7-8-18-11-19-13/h1-2,4,6-8,10-11,14H,3,5,9H2. The molecule has 0 radical (unpaired) electrons. The monoisotopic (exact) mass is 309 g/mol. The molecule has 3 aromatic rings. The molecule has 1 unspecified atom stereocenters. The number of hydrogen-bond acceptors (Lipinski definition) is 4. The Kier molecular flexibility index (Phi) is 3.35. The largest absolute Gasteiger partial charge is 0.329 e. The number of hydrogen-bond donors (Lipinski definition) is 0. The summed E-state index contributed by atoms with van der Waals surface area (Å²) in [6, 6.07) is 12.1. The first-order valence-corrected chi connectivity index (χ1v) is 8.20. The summed E-state index contributed by atoms with van der Waals surface area (Å²) in [5.74, 6) is 0.113. The van der Waals surface area contributed by atoms with Gasteiger partial charge in [0, 0.05) is 17.4 Å². The molecule has 0 aliphatic carbocycles. The van der Waals surface area contributed by atoms with E-state index in [0.717, 1.165) is 40.0 Å². The van der Waals surface area contributed by atoms with Crippen molar-refractivity contribution in [3.8, 4) is 0 Å². The van der Waals surface area contributed by atoms with E-state index in [2.05, 4.69) is 22.1 Å². The lowest BCUT2D eigenvalue weighted by molar-refractivity contribution is 0.0738. The van der Waals surface area contributed by atoms with E-state index in [-0.39, 0.29) is 11.9 Å². The number of carbonyl (C=O) groups excluding carboxylic acids is 1. The molecule has 1 saturated heterocycles. The van der Waals surface area contributed by atoms with E-state index < -0.39 is 0 Å². The van der Waals surface area contributed by atoms with Gasteiger partial charge in [0.2, 0.25) is 0 Å². The van der Waals surface area contributed by atoms with E-state index in [4.69, 9.17) is 0 Å². The van der Waals surface area contributed by atoms with Gasteiger partial charge in [0.1, 0.15) is 6.33 Å². The van der Waals surface area contributed by atoms with Crippen molar-refractivity contribution in [2.45, 2.75) is 18.9 Å². The van der Waals surface area contributed by atoms with Crippen molar-refractivity contribution < 1.29 is 4.79 Å². The van der Waals surface area contributed by atoms with Gasteiger partial charge in [0.05, 0.1) is 16.6 Å². The van der Waals surface area contributed by atoms with Gasteiger partial charge in [-0.1, -0.05) is 18.2 Å². The Morgan fingerprint density at radius 3 is 3.00 bits per heavy atom. The third-order valence-corrected chi connectivity index (χ3v) is 5.20. The van der Waals surface area contributed by atoms with Crippen LogP contribution in [0.2, 0.25) is 0 Å². The smallest absolute Gasteiger partial charge is 0.264 e. The summed E-state index contributed by atoms with van der Waals surface area (Å²) in [5.41, 5.74) is 0.932. The lowest BCUT2D eigenvalue weighted by Gasteiger charge is -2.23. The SMILES string of the molecule is O=C(c1cc2ccccc2s1)N1CCCC1c1ccncn1. The molecule has 5 heteroatoms. The first-order valence-electron chi connectivity index (χ1n) is 7.38. The van der Waals surface area contributed by atoms with E-state index in [1.165, 1.54) is 0 Å². The number of carbonyl (C=O) groups is 1. The third kappa shape index (κ3) is 2.27. The van der Waals surface area contributed by atoms with Crippen LogP contribution < -0.4 is 0 Å². The molecule has 22 heavy (non-hydrogen) atoms. The molecule has 110 valence electrons. The lowest BCUT2D eigenvalue weighted by Crippen LogP contribution is -2.30. The molecular weight excluding hydrogens is 294 g/mol. The molecule has 0 saturated carbocycles. The summed E-state index contributed by atoms with van der Waals surface area (Å²) in [7, 11) is 0. The Hall–Kier alpha value is -2.27. The van der Waals surface area contributed by atoms with Crippen molar-refractivity contribution in [2.24, 2.45) is 0 Å². The Morgan fingerprint density at radius 1 is 1.27 bits per heavy atom. The highest BCUT2D eigenvalue weighted by Crippen LogP contribution is 2.34. The first-order chi connectivity index (χ1) is 10.8. The van der Waals surface area contributed by atoms with Crippen LogP contribution in [-0.4, -0.2) is 27.3 Å². The van der Waals surface area contributed by atoms with Gasteiger partial charge in [-0.15, -0.1) is 11.3 Å². The maximum absolute atomic E-state index is 12.9. The van der Waals surface area contributed by atoms with E-state index in [9.17, 15) is 4.79 Å². The summed E-state index contributed by atoms with van der Waals surface area (Å²) in [6.07, 6.45) is 5.28. The molecule has 0 bridgehead atoms. The summed E-state index contributed by atoms with van der Waals surface area (Å²) in [6.45, 7) is 0.793. The molecule has 1 aromatic carbocycles. The molecule has 0 spiro atoms. The van der Waals surface area contributed by atoms with Crippen LogP contribution in [-0.2, 0) is 0 Å². The van der Waals surface area contributed by atoms with Crippen molar-refractivity contribution in [3.63, 3.8) is 0 Å². The molecule has 2 aromatic heterocycles. The van der Waals surface area contributed by atoms with Gasteiger partial charge in [0.15, 0.2) is 0 Å². The summed E-state index contributed by atoms with van der Waals surface area (Å²) in [5, 5.41) is 1.13. The fourth-order valence-electron chi connectivity index (χ4n) is 3.04. The fourth-order valence-corrected chi connectivity index (χ4v) is 4.06. The summed E-state index contributed by atoms with van der Waals surface area (Å²) >= 11 is 1.57. The highest BCUT2D eigenvalue weighted by molar-refractivity contribution is 7.20. The van der Waals surface area contributed by atoms with Gasteiger partial charge >= 0.3 is 0 Å². The first kappa shape index (κ1) is 13.4. The van der Waals surface area contributed by atoms with Crippen LogP contribution in [0.15, 0.2) is 48.9 Å². The van der Waals surface area contributed by atoms with Crippen molar-refractivity contribution in [3.05, 3.63) is 59.5 Å². The Labute approximate surface area is 132 Å². The molecule has 1 atom stereocenters. The topological polar surface area (TPSA) is 46.1 Å². The van der Waals surface area contributed by atoms with Gasteiger partial charge < -0.3 is 4.90 Å². The van der Waals surface area contributed by atoms with Gasteiger partial charge in [0.25, 0.3) is 5.91 Å². The molecule has 1 aliphatic rings. The van der Waals surface area contributed by atoms with E-state index in [1.54, 1.807) is 23.9 Å². The quantitative estimate of drug-likeness (QED) is 0.725. The second-order valence-corrected chi connectivity index (χ2v) is 6.52. The number of amides is 1. The number of benzene rings is 1. The predicted octanol–water partition coefficient (Wildman–Crippen LogP) is 3.67. The summed E-state index contributed by atoms with van der Waals surface area (Å²) < 4.78 is 1.16. The van der Waals surface area contributed by atoms with Gasteiger partial charge in [-0.3, -0.25) is 4.79 Å². The van der Waals surface area contributed by atoms with Crippen molar-refractivity contribution in [2.75, 3.05) is 6.54 Å². The lowest BCUT2D eigenvalue weighted by atomic mass is 10.1. The summed E-state index contributed by atoms with van der Waals surface area (Å²) in [4.78, 5) is 23.9. The molecule has 4 nitrogen and oxygen atoms in total. The second-order valence-electron chi connectivity index (χ2n) is 5.44. The van der Waals surface area contributed by atoms with Crippen LogP contribution >= 0.6 is 11.3 Å². The maximum atomic E-state index is 12.9. The highest BCUT2D eigenvalue weighted by atomic mass is 32.1. The number of nitrogens with zero attached hydrogens (tertiary/aromatic N) is 3. The zero-order valence-corrected chi connectivity index (χ0v) is 12.8. The zero-order chi connectivity index (χ0) is 14.9. The minimum absolute atomic E-state index is 0.0701. The van der Waals surface area contributed by atoms with E-state index in [0.29, 0.717) is 0 Å². The Morgan fingerprint density at radius 2 is 2.18 bits per heavy atom. The van der Waals surface area contributed by atoms with Crippen molar-refractivity contribution >= 4 is 27.3 Å². The molecule has 1 fully saturated rings. The number of rotatable bonds is 2. The number of fused-ring (bicyclic) bond motifs is 1. The minimum Gasteiger partial charge on any atom is -0.329 e. The molecule has 3 heterocycles. The average Bonchev–Trinajstić information content (AvgIpc) is 3.21. The molecule has 1 amide bonds. The van der Waals surface area contributed by atoms with E-state index >= 15 is 0 Å². The minimum atomic E-state index is 0.0701. The number of thiophene rings is 1. The molecular formula is C17H15N3OS. The molecule has 4 rings (SSSR count). The second kappa shape index (κ2) is 5.50. The maximum Gasteiger partial charge on any atom is 0.264 e. The normalized spacial score (nSPS) is 18.0. The highest BCUT2D eigenvalue weighted by Gasteiger charge is 2.32. The third-order valence-electron chi connectivity index (χ3n) is 4.10. The molecule has 1 aliphatic heterocycles. The van der Waals surface area contributed by atoms with Crippen LogP contribution in [0.25, 0.3) is 10.1 Å². The van der Waals surface area contributed by atoms with Crippen molar-refractivity contribution in [1.29, 1.82) is 0 Å². The van der Waals surface area contributed by atoms with Gasteiger partial charge in [-0.2, -0.15) is 0 Å². The fraction of sp³-hybridized carbons (Fsp3) is 0.235. The van der Waals surface area contributed by atoms with Crippen LogP contribution in [0.1, 0.15) is 34.2 Å². The van der Waals surface area contributed by atoms with Gasteiger partial charge in [-0.25, -0.2) is 9.97 Å². The predicted molar refractivity (Wildman–Crippen MR) is 86.9 cm³/mol. The Bertz CT molecular complexity index is 782. The van der Waals surface area contributed by atoms with Crippen LogP contribution in [0.4, 0.5) is 0 Å². The van der Waals surface area contributed by atoms with Gasteiger partial charge in [-0.05, 0) is 36.4 Å². The van der Waals surface area contributed by atoms with Crippen LogP contribution in [0, 0.1) is 0 Å². The zero-order valence-electron chi connectivity index (χ0n) is 12.0. The Balaban J connectivity index is 1.66. The van der Waals surface area contributed by atoms with Crippen molar-refractivity contribution in [1.82, 2.24) is 14.9 Å². The number of aromatic nitrogens is 2. The van der Waals surface area contributed by atoms with Crippen LogP contribution in [0.5, 0.6) is 0 Å². The number of likely N-dealkylation sites (tertiary alicyclic amines) is 1.